The van der Waals surface area contributed by atoms with Crippen LogP contribution in [-0.4, -0.2) is 24.6 Å². The molecule has 0 atom stereocenters. The molecule has 0 amide bonds. The van der Waals surface area contributed by atoms with Gasteiger partial charge in [0.2, 0.25) is 0 Å². The lowest BCUT2D eigenvalue weighted by molar-refractivity contribution is -0.231. The van der Waals surface area contributed by atoms with Crippen molar-refractivity contribution < 1.29 is 24.1 Å². The number of carbonyl (C=O) groups excluding carboxylic acids is 2. The molecule has 0 spiro atoms. The molecular formula is C8H11ClO5. The van der Waals surface area contributed by atoms with E-state index in [-0.39, 0.29) is 13.2 Å². The summed E-state index contributed by atoms with van der Waals surface area (Å²) in [5, 5.41) is 0. The Bertz CT molecular complexity index is 204. The Labute approximate surface area is 86.5 Å². The summed E-state index contributed by atoms with van der Waals surface area (Å²) in [6, 6.07) is 0. The summed E-state index contributed by atoms with van der Waals surface area (Å²) in [5.74, 6) is -0.460. The first-order chi connectivity index (χ1) is 6.66. The molecular weight excluding hydrogens is 212 g/mol. The second kappa shape index (κ2) is 8.52. The molecule has 0 aliphatic heterocycles. The lowest BCUT2D eigenvalue weighted by Gasteiger charge is -2.01. The van der Waals surface area contributed by atoms with Crippen LogP contribution in [0, 0.1) is 0 Å². The molecule has 0 aliphatic carbocycles. The van der Waals surface area contributed by atoms with Gasteiger partial charge in [-0.05, 0) is 12.8 Å². The van der Waals surface area contributed by atoms with Gasteiger partial charge in [-0.15, -0.1) is 0 Å². The number of ether oxygens (including phenoxy) is 1. The zero-order valence-corrected chi connectivity index (χ0v) is 8.29. The van der Waals surface area contributed by atoms with E-state index >= 15 is 0 Å². The second-order valence-corrected chi connectivity index (χ2v) is 2.53. The number of hydrogen-bond donors (Lipinski definition) is 0. The van der Waals surface area contributed by atoms with Crippen molar-refractivity contribution in [1.29, 1.82) is 0 Å². The SMILES string of the molecule is C=CC(=O)OCCCCOOC(=O)Cl. The fourth-order valence-corrected chi connectivity index (χ4v) is 0.627. The molecule has 0 unspecified atom stereocenters. The maximum absolute atomic E-state index is 10.5. The minimum atomic E-state index is -1.01. The topological polar surface area (TPSA) is 61.8 Å². The summed E-state index contributed by atoms with van der Waals surface area (Å²) in [7, 11) is 0. The van der Waals surface area contributed by atoms with Crippen molar-refractivity contribution in [2.45, 2.75) is 12.8 Å². The van der Waals surface area contributed by atoms with Gasteiger partial charge in [-0.1, -0.05) is 6.58 Å². The number of hydrogen-bond acceptors (Lipinski definition) is 5. The van der Waals surface area contributed by atoms with Crippen LogP contribution in [0.1, 0.15) is 12.8 Å². The van der Waals surface area contributed by atoms with Crippen molar-refractivity contribution in [2.24, 2.45) is 0 Å². The maximum Gasteiger partial charge on any atom is 0.435 e. The Kier molecular flexibility index (Phi) is 7.87. The minimum absolute atomic E-state index is 0.212. The van der Waals surface area contributed by atoms with Crippen molar-refractivity contribution in [1.82, 2.24) is 0 Å². The van der Waals surface area contributed by atoms with Crippen LogP contribution < -0.4 is 0 Å². The van der Waals surface area contributed by atoms with E-state index < -0.39 is 11.4 Å². The number of carbonyl (C=O) groups is 2. The van der Waals surface area contributed by atoms with Crippen molar-refractivity contribution in [2.75, 3.05) is 13.2 Å². The van der Waals surface area contributed by atoms with Gasteiger partial charge in [0.05, 0.1) is 13.2 Å². The normalized spacial score (nSPS) is 9.21. The standard InChI is InChI=1S/C8H11ClO5/c1-2-7(10)12-5-3-4-6-13-14-8(9)11/h2H,1,3-6H2. The Morgan fingerprint density at radius 3 is 2.50 bits per heavy atom. The molecule has 0 aromatic rings. The Balaban J connectivity index is 3.10. The smallest absolute Gasteiger partial charge is 0.435 e. The average molecular weight is 223 g/mol. The third kappa shape index (κ3) is 9.02. The van der Waals surface area contributed by atoms with E-state index in [1.807, 2.05) is 0 Å². The molecule has 0 heterocycles. The highest BCUT2D eigenvalue weighted by molar-refractivity contribution is 6.61. The number of rotatable bonds is 7. The van der Waals surface area contributed by atoms with Crippen LogP contribution in [0.25, 0.3) is 0 Å². The molecule has 0 radical (unpaired) electrons. The Hall–Kier alpha value is -1.07. The fourth-order valence-electron chi connectivity index (χ4n) is 0.583. The lowest BCUT2D eigenvalue weighted by atomic mass is 10.3. The van der Waals surface area contributed by atoms with Gasteiger partial charge in [0, 0.05) is 17.7 Å². The first-order valence-electron chi connectivity index (χ1n) is 3.95. The van der Waals surface area contributed by atoms with Gasteiger partial charge in [-0.25, -0.2) is 9.59 Å². The van der Waals surface area contributed by atoms with E-state index in [9.17, 15) is 9.59 Å². The Morgan fingerprint density at radius 2 is 1.93 bits per heavy atom. The fraction of sp³-hybridized carbons (Fsp3) is 0.500. The monoisotopic (exact) mass is 222 g/mol. The predicted molar refractivity (Wildman–Crippen MR) is 48.7 cm³/mol. The molecule has 6 heteroatoms. The third-order valence-corrected chi connectivity index (χ3v) is 1.22. The highest BCUT2D eigenvalue weighted by Crippen LogP contribution is 1.94. The van der Waals surface area contributed by atoms with E-state index in [1.54, 1.807) is 0 Å². The van der Waals surface area contributed by atoms with Gasteiger partial charge in [-0.2, -0.15) is 4.89 Å². The summed E-state index contributed by atoms with van der Waals surface area (Å²) in [6.45, 7) is 3.73. The zero-order chi connectivity index (χ0) is 10.8. The summed E-state index contributed by atoms with van der Waals surface area (Å²) in [6.07, 6.45) is 2.29. The van der Waals surface area contributed by atoms with Crippen LogP contribution in [0.3, 0.4) is 0 Å². The molecule has 0 saturated heterocycles. The van der Waals surface area contributed by atoms with Crippen molar-refractivity contribution in [3.63, 3.8) is 0 Å². The predicted octanol–water partition coefficient (Wildman–Crippen LogP) is 1.80. The average Bonchev–Trinajstić information content (AvgIpc) is 2.15. The van der Waals surface area contributed by atoms with Gasteiger partial charge in [0.1, 0.15) is 0 Å². The van der Waals surface area contributed by atoms with Crippen LogP contribution in [0.15, 0.2) is 12.7 Å². The van der Waals surface area contributed by atoms with Gasteiger partial charge < -0.3 is 4.74 Å². The molecule has 0 aromatic heterocycles. The summed E-state index contributed by atoms with van der Waals surface area (Å²) in [5.41, 5.74) is -1.01. The molecule has 0 N–H and O–H groups in total. The van der Waals surface area contributed by atoms with E-state index in [1.165, 1.54) is 0 Å². The molecule has 0 fully saturated rings. The van der Waals surface area contributed by atoms with Gasteiger partial charge in [0.15, 0.2) is 0 Å². The maximum atomic E-state index is 10.5. The van der Waals surface area contributed by atoms with E-state index in [2.05, 4.69) is 21.1 Å². The highest BCUT2D eigenvalue weighted by Gasteiger charge is 1.97. The van der Waals surface area contributed by atoms with E-state index in [0.29, 0.717) is 12.8 Å². The third-order valence-electron chi connectivity index (χ3n) is 1.16. The number of unbranched alkanes of at least 4 members (excludes halogenated alkanes) is 1. The largest absolute Gasteiger partial charge is 0.463 e. The molecule has 0 saturated carbocycles. The number of esters is 1. The summed E-state index contributed by atoms with van der Waals surface area (Å²) < 4.78 is 4.67. The van der Waals surface area contributed by atoms with Crippen molar-refractivity contribution >= 4 is 23.0 Å². The highest BCUT2D eigenvalue weighted by atomic mass is 35.5. The first-order valence-corrected chi connectivity index (χ1v) is 4.32. The Morgan fingerprint density at radius 1 is 1.29 bits per heavy atom. The minimum Gasteiger partial charge on any atom is -0.463 e. The molecule has 5 nitrogen and oxygen atoms in total. The summed E-state index contributed by atoms with van der Waals surface area (Å²) in [4.78, 5) is 28.9. The van der Waals surface area contributed by atoms with Crippen LogP contribution in [0.5, 0.6) is 0 Å². The van der Waals surface area contributed by atoms with Crippen LogP contribution in [0.4, 0.5) is 4.79 Å². The van der Waals surface area contributed by atoms with Crippen molar-refractivity contribution in [3.05, 3.63) is 12.7 Å². The molecule has 14 heavy (non-hydrogen) atoms. The molecule has 0 aliphatic rings. The quantitative estimate of drug-likeness (QED) is 0.164. The van der Waals surface area contributed by atoms with Crippen LogP contribution in [0.2, 0.25) is 0 Å². The van der Waals surface area contributed by atoms with Crippen LogP contribution >= 0.6 is 11.6 Å². The van der Waals surface area contributed by atoms with Crippen molar-refractivity contribution in [3.8, 4) is 0 Å². The second-order valence-electron chi connectivity index (χ2n) is 2.22. The lowest BCUT2D eigenvalue weighted by Crippen LogP contribution is -2.04. The number of halogens is 1. The summed E-state index contributed by atoms with van der Waals surface area (Å²) >= 11 is 4.81. The van der Waals surface area contributed by atoms with Gasteiger partial charge in [0.25, 0.3) is 0 Å². The van der Waals surface area contributed by atoms with Crippen LogP contribution in [-0.2, 0) is 19.3 Å². The van der Waals surface area contributed by atoms with E-state index in [4.69, 9.17) is 11.6 Å². The molecule has 0 bridgehead atoms. The van der Waals surface area contributed by atoms with Gasteiger partial charge in [-0.3, -0.25) is 4.89 Å². The molecule has 80 valence electrons. The first kappa shape index (κ1) is 12.9. The zero-order valence-electron chi connectivity index (χ0n) is 7.53. The van der Waals surface area contributed by atoms with Gasteiger partial charge >= 0.3 is 11.4 Å². The molecule has 0 rings (SSSR count). The van der Waals surface area contributed by atoms with E-state index in [0.717, 1.165) is 6.08 Å². The molecule has 0 aromatic carbocycles.